The Bertz CT molecular complexity index is 432. The molecule has 0 saturated carbocycles. The third-order valence-corrected chi connectivity index (χ3v) is 3.33. The minimum absolute atomic E-state index is 0.0581. The average molecular weight is 278 g/mol. The van der Waals surface area contributed by atoms with E-state index in [0.29, 0.717) is 26.1 Å². The molecule has 1 aromatic carbocycles. The van der Waals surface area contributed by atoms with Crippen LogP contribution in [0.15, 0.2) is 18.2 Å². The van der Waals surface area contributed by atoms with Crippen molar-refractivity contribution in [2.45, 2.75) is 33.2 Å². The molecule has 0 spiro atoms. The second-order valence-electron chi connectivity index (χ2n) is 5.13. The molecule has 0 aliphatic heterocycles. The average Bonchev–Trinajstić information content (AvgIpc) is 2.41. The smallest absolute Gasteiger partial charge is 0.221 e. The second kappa shape index (κ2) is 8.72. The summed E-state index contributed by atoms with van der Waals surface area (Å²) in [7, 11) is 1.62. The summed E-state index contributed by atoms with van der Waals surface area (Å²) in [5, 5.41) is 6.21. The molecule has 0 aromatic heterocycles. The number of amides is 1. The van der Waals surface area contributed by atoms with Gasteiger partial charge in [0.1, 0.15) is 0 Å². The van der Waals surface area contributed by atoms with Gasteiger partial charge in [-0.05, 0) is 31.9 Å². The summed E-state index contributed by atoms with van der Waals surface area (Å²) in [5.41, 5.74) is 3.83. The molecule has 1 amide bonds. The van der Waals surface area contributed by atoms with Gasteiger partial charge in [0, 0.05) is 32.7 Å². The van der Waals surface area contributed by atoms with Crippen LogP contribution in [0.1, 0.15) is 36.1 Å². The van der Waals surface area contributed by atoms with Crippen molar-refractivity contribution in [3.05, 3.63) is 34.9 Å². The highest BCUT2D eigenvalue weighted by Gasteiger charge is 2.09. The van der Waals surface area contributed by atoms with Gasteiger partial charge < -0.3 is 15.4 Å². The van der Waals surface area contributed by atoms with Gasteiger partial charge in [-0.1, -0.05) is 23.8 Å². The van der Waals surface area contributed by atoms with Gasteiger partial charge in [-0.15, -0.1) is 0 Å². The molecule has 1 aromatic rings. The minimum atomic E-state index is 0.0581. The maximum absolute atomic E-state index is 11.6. The summed E-state index contributed by atoms with van der Waals surface area (Å²) >= 11 is 0. The Kier molecular flexibility index (Phi) is 7.26. The fraction of sp³-hybridized carbons (Fsp3) is 0.562. The Balaban J connectivity index is 2.34. The molecule has 0 heterocycles. The SMILES string of the molecule is COCCNC(=O)CCNC(C)c1cc(C)ccc1C. The largest absolute Gasteiger partial charge is 0.383 e. The molecule has 4 nitrogen and oxygen atoms in total. The van der Waals surface area contributed by atoms with E-state index in [1.807, 2.05) is 0 Å². The molecule has 112 valence electrons. The Morgan fingerprint density at radius 1 is 1.30 bits per heavy atom. The Morgan fingerprint density at radius 2 is 2.05 bits per heavy atom. The van der Waals surface area contributed by atoms with Crippen molar-refractivity contribution in [3.8, 4) is 0 Å². The Labute approximate surface area is 121 Å². The van der Waals surface area contributed by atoms with Gasteiger partial charge in [0.05, 0.1) is 6.61 Å². The van der Waals surface area contributed by atoms with Crippen molar-refractivity contribution in [1.29, 1.82) is 0 Å². The number of rotatable bonds is 8. The van der Waals surface area contributed by atoms with Crippen molar-refractivity contribution in [3.63, 3.8) is 0 Å². The lowest BCUT2D eigenvalue weighted by Gasteiger charge is -2.17. The number of methoxy groups -OCH3 is 1. The monoisotopic (exact) mass is 278 g/mol. The van der Waals surface area contributed by atoms with Crippen molar-refractivity contribution >= 4 is 5.91 Å². The molecule has 2 N–H and O–H groups in total. The number of ether oxygens (including phenoxy) is 1. The third kappa shape index (κ3) is 5.72. The molecular formula is C16H26N2O2. The predicted molar refractivity (Wildman–Crippen MR) is 81.8 cm³/mol. The number of aryl methyl sites for hydroxylation is 2. The van der Waals surface area contributed by atoms with E-state index in [4.69, 9.17) is 4.74 Å². The molecule has 1 atom stereocenters. The first-order valence-electron chi connectivity index (χ1n) is 7.10. The first-order valence-corrected chi connectivity index (χ1v) is 7.10. The molecule has 0 fully saturated rings. The topological polar surface area (TPSA) is 50.4 Å². The van der Waals surface area contributed by atoms with Gasteiger partial charge in [0.2, 0.25) is 5.91 Å². The quantitative estimate of drug-likeness (QED) is 0.716. The number of carbonyl (C=O) groups is 1. The molecule has 0 radical (unpaired) electrons. The summed E-state index contributed by atoms with van der Waals surface area (Å²) in [5.74, 6) is 0.0581. The molecule has 1 rings (SSSR count). The predicted octanol–water partition coefficient (Wildman–Crippen LogP) is 2.11. The van der Waals surface area contributed by atoms with Crippen LogP contribution in [-0.4, -0.2) is 32.7 Å². The fourth-order valence-corrected chi connectivity index (χ4v) is 2.12. The van der Waals surface area contributed by atoms with Gasteiger partial charge in [-0.25, -0.2) is 0 Å². The molecular weight excluding hydrogens is 252 g/mol. The highest BCUT2D eigenvalue weighted by Crippen LogP contribution is 2.18. The molecule has 20 heavy (non-hydrogen) atoms. The van der Waals surface area contributed by atoms with E-state index in [-0.39, 0.29) is 11.9 Å². The summed E-state index contributed by atoms with van der Waals surface area (Å²) in [6.07, 6.45) is 0.485. The van der Waals surface area contributed by atoms with E-state index in [0.717, 1.165) is 0 Å². The summed E-state index contributed by atoms with van der Waals surface area (Å²) in [4.78, 5) is 11.6. The number of carbonyl (C=O) groups excluding carboxylic acids is 1. The summed E-state index contributed by atoms with van der Waals surface area (Å²) in [6, 6.07) is 6.71. The molecule has 0 bridgehead atoms. The maximum atomic E-state index is 11.6. The van der Waals surface area contributed by atoms with Crippen LogP contribution in [0.2, 0.25) is 0 Å². The molecule has 0 saturated heterocycles. The zero-order chi connectivity index (χ0) is 15.0. The minimum Gasteiger partial charge on any atom is -0.383 e. The zero-order valence-electron chi connectivity index (χ0n) is 13.0. The van der Waals surface area contributed by atoms with Crippen molar-refractivity contribution in [2.24, 2.45) is 0 Å². The van der Waals surface area contributed by atoms with Crippen molar-refractivity contribution in [1.82, 2.24) is 10.6 Å². The Morgan fingerprint density at radius 3 is 2.75 bits per heavy atom. The van der Waals surface area contributed by atoms with Crippen LogP contribution in [-0.2, 0) is 9.53 Å². The number of hydrogen-bond donors (Lipinski definition) is 2. The van der Waals surface area contributed by atoms with Gasteiger partial charge >= 0.3 is 0 Å². The lowest BCUT2D eigenvalue weighted by molar-refractivity contribution is -0.121. The van der Waals surface area contributed by atoms with E-state index in [1.165, 1.54) is 16.7 Å². The second-order valence-corrected chi connectivity index (χ2v) is 5.13. The van der Waals surface area contributed by atoms with E-state index in [9.17, 15) is 4.79 Å². The van der Waals surface area contributed by atoms with E-state index < -0.39 is 0 Å². The van der Waals surface area contributed by atoms with Crippen molar-refractivity contribution in [2.75, 3.05) is 26.8 Å². The van der Waals surface area contributed by atoms with Crippen LogP contribution in [0.25, 0.3) is 0 Å². The van der Waals surface area contributed by atoms with Gasteiger partial charge in [-0.3, -0.25) is 4.79 Å². The lowest BCUT2D eigenvalue weighted by atomic mass is 10.00. The zero-order valence-corrected chi connectivity index (χ0v) is 13.0. The van der Waals surface area contributed by atoms with Crippen LogP contribution in [0.4, 0.5) is 0 Å². The van der Waals surface area contributed by atoms with Crippen LogP contribution >= 0.6 is 0 Å². The normalized spacial score (nSPS) is 12.2. The summed E-state index contributed by atoms with van der Waals surface area (Å²) in [6.45, 7) is 8.14. The highest BCUT2D eigenvalue weighted by atomic mass is 16.5. The van der Waals surface area contributed by atoms with Gasteiger partial charge in [0.15, 0.2) is 0 Å². The van der Waals surface area contributed by atoms with Crippen LogP contribution < -0.4 is 10.6 Å². The standard InChI is InChI=1S/C16H26N2O2/c1-12-5-6-13(2)15(11-12)14(3)17-8-7-16(19)18-9-10-20-4/h5-6,11,14,17H,7-10H2,1-4H3,(H,18,19). The van der Waals surface area contributed by atoms with E-state index >= 15 is 0 Å². The Hall–Kier alpha value is -1.39. The third-order valence-electron chi connectivity index (χ3n) is 3.33. The number of hydrogen-bond acceptors (Lipinski definition) is 3. The van der Waals surface area contributed by atoms with Gasteiger partial charge in [-0.2, -0.15) is 0 Å². The fourth-order valence-electron chi connectivity index (χ4n) is 2.12. The van der Waals surface area contributed by atoms with Crippen LogP contribution in [0.3, 0.4) is 0 Å². The number of benzene rings is 1. The van der Waals surface area contributed by atoms with Crippen LogP contribution in [0, 0.1) is 13.8 Å². The highest BCUT2D eigenvalue weighted by molar-refractivity contribution is 5.76. The maximum Gasteiger partial charge on any atom is 0.221 e. The first kappa shape index (κ1) is 16.7. The van der Waals surface area contributed by atoms with E-state index in [2.05, 4.69) is 49.6 Å². The van der Waals surface area contributed by atoms with Crippen molar-refractivity contribution < 1.29 is 9.53 Å². The summed E-state index contributed by atoms with van der Waals surface area (Å²) < 4.78 is 4.89. The lowest BCUT2D eigenvalue weighted by Crippen LogP contribution is -2.31. The number of nitrogens with one attached hydrogen (secondary N) is 2. The van der Waals surface area contributed by atoms with Crippen LogP contribution in [0.5, 0.6) is 0 Å². The van der Waals surface area contributed by atoms with E-state index in [1.54, 1.807) is 7.11 Å². The molecule has 4 heteroatoms. The molecule has 0 aliphatic carbocycles. The first-order chi connectivity index (χ1) is 9.54. The molecule has 0 aliphatic rings. The van der Waals surface area contributed by atoms with Gasteiger partial charge in [0.25, 0.3) is 0 Å². The molecule has 1 unspecified atom stereocenters.